The number of hydrogen-bond acceptors (Lipinski definition) is 2. The summed E-state index contributed by atoms with van der Waals surface area (Å²) < 4.78 is 38.9. The molecule has 0 aliphatic rings. The zero-order chi connectivity index (χ0) is 14.9. The summed E-state index contributed by atoms with van der Waals surface area (Å²) in [6.07, 6.45) is 0. The molecule has 0 aliphatic carbocycles. The van der Waals surface area contributed by atoms with Crippen molar-refractivity contribution in [2.24, 2.45) is 0 Å². The molecule has 0 atom stereocenters. The first-order valence-electron chi connectivity index (χ1n) is 5.78. The maximum atomic E-state index is 13.1. The first-order chi connectivity index (χ1) is 9.38. The number of hydrogen-bond donors (Lipinski definition) is 1. The third-order valence-electron chi connectivity index (χ3n) is 2.72. The van der Waals surface area contributed by atoms with Crippen molar-refractivity contribution in [3.05, 3.63) is 58.7 Å². The number of pyridine rings is 1. The number of nitrogens with one attached hydrogen (secondary N) is 1. The van der Waals surface area contributed by atoms with Crippen molar-refractivity contribution in [3.63, 3.8) is 0 Å². The molecule has 1 aromatic carbocycles. The molecule has 0 unspecified atom stereocenters. The lowest BCUT2D eigenvalue weighted by molar-refractivity contribution is 0.102. The summed E-state index contributed by atoms with van der Waals surface area (Å²) in [6, 6.07) is 4.61. The number of nitrogens with zero attached hydrogens (tertiary/aromatic N) is 1. The molecule has 3 nitrogen and oxygen atoms in total. The molecule has 0 spiro atoms. The van der Waals surface area contributed by atoms with Crippen LogP contribution in [0.1, 0.15) is 21.7 Å². The van der Waals surface area contributed by atoms with Crippen LogP contribution in [0, 0.1) is 31.3 Å². The van der Waals surface area contributed by atoms with Gasteiger partial charge in [-0.25, -0.2) is 13.2 Å². The van der Waals surface area contributed by atoms with E-state index >= 15 is 0 Å². The van der Waals surface area contributed by atoms with Crippen LogP contribution >= 0.6 is 0 Å². The highest BCUT2D eigenvalue weighted by Crippen LogP contribution is 2.17. The van der Waals surface area contributed by atoms with Crippen molar-refractivity contribution in [2.75, 3.05) is 5.32 Å². The highest BCUT2D eigenvalue weighted by molar-refractivity contribution is 6.04. The molecule has 1 heterocycles. The Morgan fingerprint density at radius 2 is 1.70 bits per heavy atom. The van der Waals surface area contributed by atoms with Crippen LogP contribution in [-0.4, -0.2) is 10.9 Å². The van der Waals surface area contributed by atoms with E-state index in [0.717, 1.165) is 5.69 Å². The molecule has 6 heteroatoms. The lowest BCUT2D eigenvalue weighted by Crippen LogP contribution is -2.14. The second kappa shape index (κ2) is 5.32. The summed E-state index contributed by atoms with van der Waals surface area (Å²) in [5, 5.41) is 2.47. The van der Waals surface area contributed by atoms with Crippen LogP contribution in [0.5, 0.6) is 0 Å². The van der Waals surface area contributed by atoms with Gasteiger partial charge >= 0.3 is 0 Å². The quantitative estimate of drug-likeness (QED) is 0.857. The number of amides is 1. The zero-order valence-electron chi connectivity index (χ0n) is 10.8. The van der Waals surface area contributed by atoms with Gasteiger partial charge in [0.25, 0.3) is 5.91 Å². The van der Waals surface area contributed by atoms with Gasteiger partial charge in [0.2, 0.25) is 0 Å². The highest BCUT2D eigenvalue weighted by atomic mass is 19.2. The molecule has 2 aromatic rings. The predicted molar refractivity (Wildman–Crippen MR) is 68.0 cm³/mol. The van der Waals surface area contributed by atoms with E-state index in [9.17, 15) is 18.0 Å². The van der Waals surface area contributed by atoms with Gasteiger partial charge in [-0.2, -0.15) is 0 Å². The van der Waals surface area contributed by atoms with Crippen LogP contribution in [0.2, 0.25) is 0 Å². The first kappa shape index (κ1) is 14.0. The van der Waals surface area contributed by atoms with Gasteiger partial charge in [0, 0.05) is 11.3 Å². The molecule has 0 saturated carbocycles. The van der Waals surface area contributed by atoms with Gasteiger partial charge in [-0.15, -0.1) is 0 Å². The van der Waals surface area contributed by atoms with Crippen molar-refractivity contribution >= 4 is 11.6 Å². The predicted octanol–water partition coefficient (Wildman–Crippen LogP) is 3.37. The molecule has 1 aromatic heterocycles. The van der Waals surface area contributed by atoms with Gasteiger partial charge in [-0.3, -0.25) is 9.78 Å². The van der Waals surface area contributed by atoms with Gasteiger partial charge in [0.15, 0.2) is 17.5 Å². The fourth-order valence-corrected chi connectivity index (χ4v) is 1.70. The Hall–Kier alpha value is -2.37. The molecule has 104 valence electrons. The van der Waals surface area contributed by atoms with Crippen molar-refractivity contribution in [1.82, 2.24) is 4.98 Å². The number of aryl methyl sites for hydroxylation is 2. The van der Waals surface area contributed by atoms with Crippen LogP contribution in [0.3, 0.4) is 0 Å². The molecule has 0 saturated heterocycles. The summed E-state index contributed by atoms with van der Waals surface area (Å²) >= 11 is 0. The van der Waals surface area contributed by atoms with E-state index in [2.05, 4.69) is 10.3 Å². The normalized spacial score (nSPS) is 10.4. The lowest BCUT2D eigenvalue weighted by atomic mass is 10.2. The molecule has 2 rings (SSSR count). The average molecular weight is 280 g/mol. The van der Waals surface area contributed by atoms with Crippen molar-refractivity contribution < 1.29 is 18.0 Å². The molecule has 1 N–H and O–H groups in total. The van der Waals surface area contributed by atoms with E-state index in [1.807, 2.05) is 0 Å². The van der Waals surface area contributed by atoms with Crippen LogP contribution in [0.4, 0.5) is 18.9 Å². The fraction of sp³-hybridized carbons (Fsp3) is 0.143. The Morgan fingerprint density at radius 1 is 1.10 bits per heavy atom. The molecule has 0 fully saturated rings. The molecule has 0 aliphatic heterocycles. The van der Waals surface area contributed by atoms with Crippen molar-refractivity contribution in [1.29, 1.82) is 0 Å². The van der Waals surface area contributed by atoms with Gasteiger partial charge < -0.3 is 5.32 Å². The number of rotatable bonds is 2. The summed E-state index contributed by atoms with van der Waals surface area (Å²) in [5.41, 5.74) is 1.47. The fourth-order valence-electron chi connectivity index (χ4n) is 1.70. The van der Waals surface area contributed by atoms with E-state index < -0.39 is 23.4 Å². The van der Waals surface area contributed by atoms with Crippen LogP contribution in [0.25, 0.3) is 0 Å². The standard InChI is InChI=1S/C14H11F3N2O/c1-7-3-4-12(8(2)18-7)19-14(20)9-5-10(15)13(17)11(16)6-9/h3-6H,1-2H3,(H,19,20). The summed E-state index contributed by atoms with van der Waals surface area (Å²) in [7, 11) is 0. The third-order valence-corrected chi connectivity index (χ3v) is 2.72. The Morgan fingerprint density at radius 3 is 2.25 bits per heavy atom. The SMILES string of the molecule is Cc1ccc(NC(=O)c2cc(F)c(F)c(F)c2)c(C)n1. The minimum absolute atomic E-state index is 0.304. The van der Waals surface area contributed by atoms with Crippen molar-refractivity contribution in [2.45, 2.75) is 13.8 Å². The minimum Gasteiger partial charge on any atom is -0.320 e. The van der Waals surface area contributed by atoms with E-state index in [4.69, 9.17) is 0 Å². The van der Waals surface area contributed by atoms with Crippen LogP contribution in [0.15, 0.2) is 24.3 Å². The maximum absolute atomic E-state index is 13.1. The molecular weight excluding hydrogens is 269 g/mol. The van der Waals surface area contributed by atoms with E-state index in [-0.39, 0.29) is 5.56 Å². The summed E-state index contributed by atoms with van der Waals surface area (Å²) in [5.74, 6) is -5.16. The van der Waals surface area contributed by atoms with E-state index in [1.54, 1.807) is 26.0 Å². The Kier molecular flexibility index (Phi) is 3.74. The molecule has 20 heavy (non-hydrogen) atoms. The Labute approximate surface area is 113 Å². The van der Waals surface area contributed by atoms with Gasteiger partial charge in [-0.1, -0.05) is 0 Å². The second-order valence-corrected chi connectivity index (χ2v) is 4.29. The summed E-state index contributed by atoms with van der Waals surface area (Å²) in [6.45, 7) is 3.48. The minimum atomic E-state index is -1.60. The molecule has 1 amide bonds. The Balaban J connectivity index is 2.28. The number of halogens is 3. The third kappa shape index (κ3) is 2.79. The van der Waals surface area contributed by atoms with Gasteiger partial charge in [-0.05, 0) is 38.1 Å². The number of anilines is 1. The monoisotopic (exact) mass is 280 g/mol. The topological polar surface area (TPSA) is 42.0 Å². The van der Waals surface area contributed by atoms with Crippen molar-refractivity contribution in [3.8, 4) is 0 Å². The average Bonchev–Trinajstić information content (AvgIpc) is 2.38. The van der Waals surface area contributed by atoms with Gasteiger partial charge in [0.1, 0.15) is 0 Å². The number of aromatic nitrogens is 1. The molecule has 0 bridgehead atoms. The molecule has 0 radical (unpaired) electrons. The highest BCUT2D eigenvalue weighted by Gasteiger charge is 2.15. The smallest absolute Gasteiger partial charge is 0.255 e. The largest absolute Gasteiger partial charge is 0.320 e. The van der Waals surface area contributed by atoms with E-state index in [1.165, 1.54) is 0 Å². The van der Waals surface area contributed by atoms with E-state index in [0.29, 0.717) is 23.5 Å². The van der Waals surface area contributed by atoms with Gasteiger partial charge in [0.05, 0.1) is 11.4 Å². The summed E-state index contributed by atoms with van der Waals surface area (Å²) in [4.78, 5) is 16.0. The van der Waals surface area contributed by atoms with Crippen LogP contribution in [-0.2, 0) is 0 Å². The number of carbonyl (C=O) groups excluding carboxylic acids is 1. The molecular formula is C14H11F3N2O. The second-order valence-electron chi connectivity index (χ2n) is 4.29. The maximum Gasteiger partial charge on any atom is 0.255 e. The van der Waals surface area contributed by atoms with Crippen LogP contribution < -0.4 is 5.32 Å². The number of benzene rings is 1. The Bertz CT molecular complexity index is 663. The lowest BCUT2D eigenvalue weighted by Gasteiger charge is -2.09. The first-order valence-corrected chi connectivity index (χ1v) is 5.78. The zero-order valence-corrected chi connectivity index (χ0v) is 10.8. The number of carbonyl (C=O) groups is 1.